The van der Waals surface area contributed by atoms with Gasteiger partial charge in [-0.25, -0.2) is 0 Å². The third-order valence-corrected chi connectivity index (χ3v) is 4.13. The van der Waals surface area contributed by atoms with E-state index in [2.05, 4.69) is 6.92 Å². The molecule has 2 unspecified atom stereocenters. The van der Waals surface area contributed by atoms with Crippen LogP contribution in [0.4, 0.5) is 0 Å². The molecule has 2 nitrogen and oxygen atoms in total. The van der Waals surface area contributed by atoms with E-state index >= 15 is 0 Å². The Kier molecular flexibility index (Phi) is 4.84. The second kappa shape index (κ2) is 5.94. The van der Waals surface area contributed by atoms with Crippen LogP contribution in [0.5, 0.6) is 0 Å². The van der Waals surface area contributed by atoms with E-state index in [1.165, 1.54) is 0 Å². The molecule has 0 radical (unpaired) electrons. The molecule has 2 atom stereocenters. The fourth-order valence-electron chi connectivity index (χ4n) is 1.40. The molecule has 0 aliphatic carbocycles. The van der Waals surface area contributed by atoms with Crippen LogP contribution in [0, 0.1) is 0 Å². The van der Waals surface area contributed by atoms with E-state index in [9.17, 15) is 4.21 Å². The van der Waals surface area contributed by atoms with Crippen molar-refractivity contribution in [3.8, 4) is 0 Å². The molecular formula is C11H17NOS. The highest BCUT2D eigenvalue weighted by Gasteiger charge is 2.14. The summed E-state index contributed by atoms with van der Waals surface area (Å²) in [7, 11) is -0.901. The molecule has 0 spiro atoms. The van der Waals surface area contributed by atoms with Gasteiger partial charge in [-0.1, -0.05) is 25.1 Å². The molecule has 1 aromatic carbocycles. The van der Waals surface area contributed by atoms with Gasteiger partial charge in [0.1, 0.15) is 0 Å². The van der Waals surface area contributed by atoms with E-state index < -0.39 is 10.8 Å². The number of hydrogen-bond donors (Lipinski definition) is 1. The molecular weight excluding hydrogens is 194 g/mol. The average molecular weight is 211 g/mol. The third kappa shape index (κ3) is 2.93. The SMILES string of the molecule is CCC(CCN)S(=O)c1ccccc1. The topological polar surface area (TPSA) is 43.1 Å². The van der Waals surface area contributed by atoms with E-state index in [1.54, 1.807) is 0 Å². The monoisotopic (exact) mass is 211 g/mol. The molecule has 3 heteroatoms. The van der Waals surface area contributed by atoms with Gasteiger partial charge in [-0.05, 0) is 31.5 Å². The zero-order valence-corrected chi connectivity index (χ0v) is 9.30. The maximum absolute atomic E-state index is 12.0. The van der Waals surface area contributed by atoms with Crippen molar-refractivity contribution in [2.45, 2.75) is 29.9 Å². The maximum atomic E-state index is 12.0. The number of nitrogens with two attached hydrogens (primary N) is 1. The van der Waals surface area contributed by atoms with Gasteiger partial charge in [-0.3, -0.25) is 4.21 Å². The summed E-state index contributed by atoms with van der Waals surface area (Å²) in [5, 5.41) is 0.197. The Hall–Kier alpha value is -0.670. The second-order valence-corrected chi connectivity index (χ2v) is 4.95. The quantitative estimate of drug-likeness (QED) is 0.808. The van der Waals surface area contributed by atoms with Gasteiger partial charge in [0.15, 0.2) is 0 Å². The minimum atomic E-state index is -0.901. The molecule has 0 fully saturated rings. The lowest BCUT2D eigenvalue weighted by atomic mass is 10.2. The second-order valence-electron chi connectivity index (χ2n) is 3.22. The summed E-state index contributed by atoms with van der Waals surface area (Å²) < 4.78 is 12.0. The average Bonchev–Trinajstić information content (AvgIpc) is 2.26. The summed E-state index contributed by atoms with van der Waals surface area (Å²) in [4.78, 5) is 0.910. The first-order valence-electron chi connectivity index (χ1n) is 4.95. The van der Waals surface area contributed by atoms with Gasteiger partial charge in [0.25, 0.3) is 0 Å². The smallest absolute Gasteiger partial charge is 0.0561 e. The van der Waals surface area contributed by atoms with Crippen molar-refractivity contribution in [1.82, 2.24) is 0 Å². The highest BCUT2D eigenvalue weighted by atomic mass is 32.2. The minimum absolute atomic E-state index is 0.197. The molecule has 1 aromatic rings. The number of hydrogen-bond acceptors (Lipinski definition) is 2. The van der Waals surface area contributed by atoms with Crippen LogP contribution in [0.15, 0.2) is 35.2 Å². The van der Waals surface area contributed by atoms with E-state index in [1.807, 2.05) is 30.3 Å². The highest BCUT2D eigenvalue weighted by Crippen LogP contribution is 2.15. The van der Waals surface area contributed by atoms with Crippen molar-refractivity contribution in [2.24, 2.45) is 5.73 Å². The van der Waals surface area contributed by atoms with Crippen LogP contribution >= 0.6 is 0 Å². The van der Waals surface area contributed by atoms with Crippen LogP contribution < -0.4 is 5.73 Å². The van der Waals surface area contributed by atoms with Gasteiger partial charge in [-0.2, -0.15) is 0 Å². The Morgan fingerprint density at radius 3 is 2.50 bits per heavy atom. The maximum Gasteiger partial charge on any atom is 0.0561 e. The summed E-state index contributed by atoms with van der Waals surface area (Å²) in [6, 6.07) is 9.60. The molecule has 2 N–H and O–H groups in total. The molecule has 0 bridgehead atoms. The van der Waals surface area contributed by atoms with Gasteiger partial charge in [0, 0.05) is 10.1 Å². The van der Waals surface area contributed by atoms with Gasteiger partial charge >= 0.3 is 0 Å². The molecule has 0 aliphatic heterocycles. The Balaban J connectivity index is 2.73. The van der Waals surface area contributed by atoms with Crippen LogP contribution in [-0.2, 0) is 10.8 Å². The van der Waals surface area contributed by atoms with Gasteiger partial charge in [0.05, 0.1) is 10.8 Å². The summed E-state index contributed by atoms with van der Waals surface area (Å²) in [5.74, 6) is 0. The van der Waals surface area contributed by atoms with E-state index in [0.29, 0.717) is 6.54 Å². The molecule has 0 saturated carbocycles. The lowest BCUT2D eigenvalue weighted by Crippen LogP contribution is -2.18. The van der Waals surface area contributed by atoms with Crippen molar-refractivity contribution >= 4 is 10.8 Å². The highest BCUT2D eigenvalue weighted by molar-refractivity contribution is 7.85. The van der Waals surface area contributed by atoms with Crippen LogP contribution in [0.25, 0.3) is 0 Å². The van der Waals surface area contributed by atoms with Crippen LogP contribution in [-0.4, -0.2) is 16.0 Å². The fourth-order valence-corrected chi connectivity index (χ4v) is 2.86. The summed E-state index contributed by atoms with van der Waals surface area (Å²) in [5.41, 5.74) is 5.49. The zero-order chi connectivity index (χ0) is 10.4. The minimum Gasteiger partial charge on any atom is -0.330 e. The fraction of sp³-hybridized carbons (Fsp3) is 0.455. The molecule has 1 rings (SSSR count). The number of benzene rings is 1. The van der Waals surface area contributed by atoms with Crippen molar-refractivity contribution in [3.63, 3.8) is 0 Å². The first-order chi connectivity index (χ1) is 6.79. The Labute approximate surface area is 88.0 Å². The summed E-state index contributed by atoms with van der Waals surface area (Å²) in [6.45, 7) is 2.66. The van der Waals surface area contributed by atoms with Crippen molar-refractivity contribution in [2.75, 3.05) is 6.54 Å². The molecule has 0 saturated heterocycles. The van der Waals surface area contributed by atoms with E-state index in [0.717, 1.165) is 17.7 Å². The predicted octanol–water partition coefficient (Wildman–Crippen LogP) is 1.92. The zero-order valence-electron chi connectivity index (χ0n) is 8.48. The Morgan fingerprint density at radius 2 is 2.00 bits per heavy atom. The van der Waals surface area contributed by atoms with Crippen molar-refractivity contribution < 1.29 is 4.21 Å². The molecule has 14 heavy (non-hydrogen) atoms. The van der Waals surface area contributed by atoms with E-state index in [-0.39, 0.29) is 5.25 Å². The van der Waals surface area contributed by atoms with E-state index in [4.69, 9.17) is 5.73 Å². The summed E-state index contributed by atoms with van der Waals surface area (Å²) in [6.07, 6.45) is 1.75. The Bertz CT molecular complexity index is 287. The van der Waals surface area contributed by atoms with Crippen molar-refractivity contribution in [3.05, 3.63) is 30.3 Å². The summed E-state index contributed by atoms with van der Waals surface area (Å²) >= 11 is 0. The molecule has 78 valence electrons. The third-order valence-electron chi connectivity index (χ3n) is 2.22. The van der Waals surface area contributed by atoms with Gasteiger partial charge in [-0.15, -0.1) is 0 Å². The largest absolute Gasteiger partial charge is 0.330 e. The first kappa shape index (κ1) is 11.4. The normalized spacial score (nSPS) is 15.0. The molecule has 0 heterocycles. The number of rotatable bonds is 5. The Morgan fingerprint density at radius 1 is 1.36 bits per heavy atom. The lowest BCUT2D eigenvalue weighted by molar-refractivity contribution is 0.650. The van der Waals surface area contributed by atoms with Crippen LogP contribution in [0.1, 0.15) is 19.8 Å². The first-order valence-corrected chi connectivity index (χ1v) is 6.16. The van der Waals surface area contributed by atoms with Crippen molar-refractivity contribution in [1.29, 1.82) is 0 Å². The molecule has 0 amide bonds. The van der Waals surface area contributed by atoms with Gasteiger partial charge in [0.2, 0.25) is 0 Å². The standard InChI is InChI=1S/C11H17NOS/c1-2-10(8-9-12)14(13)11-6-4-3-5-7-11/h3-7,10H,2,8-9,12H2,1H3. The lowest BCUT2D eigenvalue weighted by Gasteiger charge is -2.12. The van der Waals surface area contributed by atoms with Gasteiger partial charge < -0.3 is 5.73 Å². The van der Waals surface area contributed by atoms with Crippen LogP contribution in [0.2, 0.25) is 0 Å². The molecule has 0 aliphatic rings. The molecule has 0 aromatic heterocycles. The van der Waals surface area contributed by atoms with Crippen LogP contribution in [0.3, 0.4) is 0 Å². The predicted molar refractivity (Wildman–Crippen MR) is 60.6 cm³/mol.